The Morgan fingerprint density at radius 1 is 0.589 bits per heavy atom. The number of nitrogens with zero attached hydrogens (tertiary/aromatic N) is 3. The van der Waals surface area contributed by atoms with Crippen LogP contribution in [0.3, 0.4) is 0 Å². The Bertz CT molecular complexity index is 3100. The lowest BCUT2D eigenvalue weighted by molar-refractivity contribution is -0.211. The third-order valence-electron chi connectivity index (χ3n) is 20.4. The van der Waals surface area contributed by atoms with Crippen molar-refractivity contribution in [3.63, 3.8) is 0 Å². The zero-order valence-electron chi connectivity index (χ0n) is 42.6. The molecule has 0 radical (unpaired) electrons. The van der Waals surface area contributed by atoms with Crippen molar-refractivity contribution in [2.75, 3.05) is 26.7 Å². The number of amides is 2. The Morgan fingerprint density at radius 3 is 1.63 bits per heavy atom. The fourth-order valence-electron chi connectivity index (χ4n) is 17.4. The second kappa shape index (κ2) is 15.1. The summed E-state index contributed by atoms with van der Waals surface area (Å²) in [4.78, 5) is 80.4. The molecule has 0 unspecified atom stereocenters. The highest BCUT2D eigenvalue weighted by molar-refractivity contribution is 5.99. The first-order valence-corrected chi connectivity index (χ1v) is 26.3. The fourth-order valence-corrected chi connectivity index (χ4v) is 17.4. The summed E-state index contributed by atoms with van der Waals surface area (Å²) in [5.41, 5.74) is 4.70. The number of ether oxygens (including phenoxy) is 4. The highest BCUT2D eigenvalue weighted by Crippen LogP contribution is 2.67. The summed E-state index contributed by atoms with van der Waals surface area (Å²) in [6.07, 6.45) is 6.89. The number of Topliss-reactive ketones (excluding diaryl/α,β-unsaturated/α-hetero) is 2. The van der Waals surface area contributed by atoms with Crippen LogP contribution in [0.25, 0.3) is 0 Å². The minimum atomic E-state index is -1.26. The minimum absolute atomic E-state index is 0.00794. The number of likely N-dealkylation sites (tertiary alicyclic amines) is 3. The van der Waals surface area contributed by atoms with Gasteiger partial charge in [-0.1, -0.05) is 36.4 Å². The molecule has 3 spiro atoms. The number of carbonyl (C=O) groups is 6. The molecule has 15 nitrogen and oxygen atoms in total. The van der Waals surface area contributed by atoms with Crippen LogP contribution in [0.15, 0.2) is 48.6 Å². The monoisotopic (exact) mass is 993 g/mol. The van der Waals surface area contributed by atoms with Crippen LogP contribution in [-0.2, 0) is 69.0 Å². The van der Waals surface area contributed by atoms with Gasteiger partial charge in [-0.15, -0.1) is 0 Å². The van der Waals surface area contributed by atoms with Crippen LogP contribution in [0.5, 0.6) is 17.2 Å². The van der Waals surface area contributed by atoms with E-state index < -0.39 is 51.4 Å². The molecule has 73 heavy (non-hydrogen) atoms. The Morgan fingerprint density at radius 2 is 1.05 bits per heavy atom. The van der Waals surface area contributed by atoms with E-state index in [-0.39, 0.29) is 53.3 Å². The Kier molecular flexibility index (Phi) is 9.71. The number of carbonyl (C=O) groups excluding carboxylic acids is 6. The number of aryl methyl sites for hydroxylation is 3. The van der Waals surface area contributed by atoms with E-state index in [0.29, 0.717) is 64.5 Å². The normalized spacial score (nSPS) is 38.2. The molecule has 2 amide bonds. The highest BCUT2D eigenvalue weighted by Gasteiger charge is 2.77. The van der Waals surface area contributed by atoms with Gasteiger partial charge in [0.1, 0.15) is 28.5 Å². The number of piperidine rings is 3. The molecule has 6 heterocycles. The molecule has 6 aliphatic heterocycles. The third-order valence-corrected chi connectivity index (χ3v) is 20.4. The van der Waals surface area contributed by atoms with E-state index >= 15 is 0 Å². The number of aliphatic hydroxyl groups is 2. The van der Waals surface area contributed by atoms with E-state index in [1.54, 1.807) is 22.8 Å². The molecule has 12 aliphatic rings. The van der Waals surface area contributed by atoms with Crippen LogP contribution >= 0.6 is 0 Å². The molecule has 3 saturated heterocycles. The largest absolute Gasteiger partial charge is 0.481 e. The smallest absolute Gasteiger partial charge is 0.303 e. The van der Waals surface area contributed by atoms with Crippen molar-refractivity contribution in [2.45, 2.75) is 175 Å². The molecule has 15 rings (SSSR count). The quantitative estimate of drug-likeness (QED) is 0.330. The van der Waals surface area contributed by atoms with Crippen molar-refractivity contribution in [1.29, 1.82) is 0 Å². The number of hydrogen-bond donors (Lipinski definition) is 2. The average Bonchev–Trinajstić information content (AvgIpc) is 4.03. The second-order valence-electron chi connectivity index (χ2n) is 23.4. The van der Waals surface area contributed by atoms with Crippen LogP contribution < -0.4 is 14.2 Å². The Balaban J connectivity index is 0.000000106. The maximum absolute atomic E-state index is 12.9. The van der Waals surface area contributed by atoms with Crippen LogP contribution in [0, 0.1) is 20.8 Å². The number of likely N-dealkylation sites (N-methyl/N-ethyl adjacent to an activating group) is 1. The van der Waals surface area contributed by atoms with Crippen LogP contribution in [0.1, 0.15) is 116 Å². The minimum Gasteiger partial charge on any atom is -0.481 e. The van der Waals surface area contributed by atoms with Gasteiger partial charge in [0.25, 0.3) is 0 Å². The van der Waals surface area contributed by atoms with Crippen LogP contribution in [0.4, 0.5) is 0 Å². The lowest BCUT2D eigenvalue weighted by atomic mass is 9.49. The van der Waals surface area contributed by atoms with Gasteiger partial charge in [0.15, 0.2) is 35.7 Å². The SMILES string of the molecule is CC(=O)N1CC[C@]23c4c5ccc(C)c4O[C@H]2C(=O)C=C[C@@]3(O)[C@H]1C5.CC(=O)N1CC[C@]23c4c5ccc(C)c4O[C@H]2C(=O)CC[C@@]3(O)[C@H]1C5.CC(=O)O[C@@]12CCC(=O)[C@@H]3Oc4c(C)ccc5c4[C@@]31CCN(C)[C@@H]2C5. The van der Waals surface area contributed by atoms with Gasteiger partial charge in [-0.3, -0.25) is 33.7 Å². The predicted octanol–water partition coefficient (Wildman–Crippen LogP) is 4.22. The van der Waals surface area contributed by atoms with E-state index in [1.165, 1.54) is 25.5 Å². The van der Waals surface area contributed by atoms with E-state index in [0.717, 1.165) is 81.1 Å². The van der Waals surface area contributed by atoms with E-state index in [4.69, 9.17) is 18.9 Å². The Labute approximate surface area is 424 Å². The highest BCUT2D eigenvalue weighted by atomic mass is 16.6. The molecule has 15 heteroatoms. The molecule has 0 aromatic heterocycles. The first-order valence-electron chi connectivity index (χ1n) is 26.3. The maximum Gasteiger partial charge on any atom is 0.303 e. The van der Waals surface area contributed by atoms with E-state index in [9.17, 15) is 39.0 Å². The lowest BCUT2D eigenvalue weighted by Crippen LogP contribution is -2.77. The van der Waals surface area contributed by atoms with Crippen molar-refractivity contribution in [3.8, 4) is 17.2 Å². The van der Waals surface area contributed by atoms with E-state index in [2.05, 4.69) is 36.2 Å². The topological polar surface area (TPSA) is 190 Å². The molecule has 2 saturated carbocycles. The summed E-state index contributed by atoms with van der Waals surface area (Å²) in [5.74, 6) is 2.22. The van der Waals surface area contributed by atoms with Crippen molar-refractivity contribution in [1.82, 2.24) is 14.7 Å². The number of hydrogen-bond acceptors (Lipinski definition) is 13. The predicted molar refractivity (Wildman–Crippen MR) is 263 cm³/mol. The molecule has 6 bridgehead atoms. The lowest BCUT2D eigenvalue weighted by Gasteiger charge is -2.63. The Hall–Kier alpha value is -5.90. The summed E-state index contributed by atoms with van der Waals surface area (Å²) in [6.45, 7) is 12.6. The summed E-state index contributed by atoms with van der Waals surface area (Å²) >= 11 is 0. The molecular formula is C58H63N3O12. The van der Waals surface area contributed by atoms with Gasteiger partial charge in [0.05, 0.1) is 40.0 Å². The maximum atomic E-state index is 12.9. The first kappa shape index (κ1) is 46.9. The summed E-state index contributed by atoms with van der Waals surface area (Å²) in [7, 11) is 2.10. The molecule has 3 aromatic carbocycles. The fraction of sp³-hybridized carbons (Fsp3) is 0.552. The molecule has 382 valence electrons. The average molecular weight is 994 g/mol. The number of rotatable bonds is 1. The van der Waals surface area contributed by atoms with Crippen LogP contribution in [0.2, 0.25) is 0 Å². The zero-order valence-corrected chi connectivity index (χ0v) is 42.6. The van der Waals surface area contributed by atoms with E-state index in [1.807, 2.05) is 32.9 Å². The number of benzene rings is 3. The standard InChI is InChI=1S/C20H23NO4.C19H21NO4.C19H19NO4/c1-11-4-5-13-10-15-20(25-12(2)22)7-6-14(23)18-19(20,8-9-21(15)3)16(13)17(11)24-18;2*1-10-3-4-12-9-14-19(23)6-5-13(22)17-18(19,15(12)16(10)24-17)7-8-20(14)11(2)21/h4-5,15,18H,6-10H2,1-3H3;3-4,14,17,23H,5-9H2,1-2H3;3-6,14,17,23H,7-9H2,1-2H3/t15-,18+,19+,20-;2*14-,17+,18+,19-/m111/s1. The van der Waals surface area contributed by atoms with Crippen LogP contribution in [-0.4, -0.2) is 140 Å². The molecular weight excluding hydrogens is 931 g/mol. The second-order valence-corrected chi connectivity index (χ2v) is 23.4. The van der Waals surface area contributed by atoms with Gasteiger partial charge in [-0.25, -0.2) is 0 Å². The van der Waals surface area contributed by atoms with Gasteiger partial charge in [0, 0.05) is 63.4 Å². The van der Waals surface area contributed by atoms with Crippen molar-refractivity contribution in [3.05, 3.63) is 98.6 Å². The summed E-state index contributed by atoms with van der Waals surface area (Å²) in [6, 6.07) is 11.9. The van der Waals surface area contributed by atoms with Gasteiger partial charge in [-0.2, -0.15) is 0 Å². The number of esters is 1. The van der Waals surface area contributed by atoms with Gasteiger partial charge >= 0.3 is 5.97 Å². The summed E-state index contributed by atoms with van der Waals surface area (Å²) in [5, 5.41) is 23.5. The third kappa shape index (κ3) is 5.46. The van der Waals surface area contributed by atoms with Gasteiger partial charge in [0.2, 0.25) is 11.8 Å². The summed E-state index contributed by atoms with van der Waals surface area (Å²) < 4.78 is 24.7. The van der Waals surface area contributed by atoms with Crippen molar-refractivity contribution < 1.29 is 57.9 Å². The first-order chi connectivity index (χ1) is 34.7. The number of ketones is 3. The molecule has 3 aromatic rings. The molecule has 12 atom stereocenters. The molecule has 5 fully saturated rings. The van der Waals surface area contributed by atoms with Gasteiger partial charge < -0.3 is 39.0 Å². The zero-order chi connectivity index (χ0) is 51.3. The van der Waals surface area contributed by atoms with Crippen molar-refractivity contribution in [2.24, 2.45) is 0 Å². The van der Waals surface area contributed by atoms with Crippen molar-refractivity contribution >= 4 is 35.1 Å². The van der Waals surface area contributed by atoms with Gasteiger partial charge in [-0.05, 0) is 131 Å². The molecule has 2 N–H and O–H groups in total. The molecule has 6 aliphatic carbocycles.